The Morgan fingerprint density at radius 2 is 1.70 bits per heavy atom. The van der Waals surface area contributed by atoms with E-state index in [1.165, 1.54) is 12.8 Å². The highest BCUT2D eigenvalue weighted by molar-refractivity contribution is 5.89. The molecule has 6 heteroatoms. The van der Waals surface area contributed by atoms with Gasteiger partial charge in [0.1, 0.15) is 11.4 Å². The predicted octanol–water partition coefficient (Wildman–Crippen LogP) is 5.45. The molecule has 1 saturated heterocycles. The summed E-state index contributed by atoms with van der Waals surface area (Å²) < 4.78 is 16.2. The standard InChI is InChI=1S/C24H37NO5/c1-5-28-22(26)20-10-12-21(13-11-20)29-18-8-6-7-9-19-14-16-25(17-15-19)23(27)30-24(2,3)4/h10-13,19H,5-9,14-18H2,1-4H3. The number of carbonyl (C=O) groups is 2. The molecule has 1 aromatic carbocycles. The second kappa shape index (κ2) is 11.8. The summed E-state index contributed by atoms with van der Waals surface area (Å²) in [4.78, 5) is 25.6. The molecule has 0 bridgehead atoms. The Balaban J connectivity index is 1.54. The Kier molecular flexibility index (Phi) is 9.47. The van der Waals surface area contributed by atoms with E-state index in [0.717, 1.165) is 44.5 Å². The van der Waals surface area contributed by atoms with Crippen LogP contribution in [-0.4, -0.2) is 48.9 Å². The lowest BCUT2D eigenvalue weighted by atomic mass is 9.91. The van der Waals surface area contributed by atoms with Crippen molar-refractivity contribution in [2.45, 2.75) is 71.8 Å². The van der Waals surface area contributed by atoms with Crippen molar-refractivity contribution in [3.05, 3.63) is 29.8 Å². The van der Waals surface area contributed by atoms with Gasteiger partial charge >= 0.3 is 12.1 Å². The number of unbranched alkanes of at least 4 members (excludes halogenated alkanes) is 2. The first-order valence-electron chi connectivity index (χ1n) is 11.2. The molecule has 6 nitrogen and oxygen atoms in total. The van der Waals surface area contributed by atoms with Gasteiger partial charge in [-0.25, -0.2) is 9.59 Å². The van der Waals surface area contributed by atoms with E-state index in [0.29, 0.717) is 24.7 Å². The molecule has 0 saturated carbocycles. The number of carbonyl (C=O) groups excluding carboxylic acids is 2. The van der Waals surface area contributed by atoms with Gasteiger partial charge in [-0.2, -0.15) is 0 Å². The first kappa shape index (κ1) is 24.0. The number of esters is 1. The Hall–Kier alpha value is -2.24. The molecule has 0 N–H and O–H groups in total. The molecular weight excluding hydrogens is 382 g/mol. The summed E-state index contributed by atoms with van der Waals surface area (Å²) in [5, 5.41) is 0. The van der Waals surface area contributed by atoms with E-state index < -0.39 is 5.60 Å². The maximum absolute atomic E-state index is 12.1. The Labute approximate surface area is 180 Å². The van der Waals surface area contributed by atoms with E-state index in [9.17, 15) is 9.59 Å². The number of rotatable bonds is 9. The largest absolute Gasteiger partial charge is 0.494 e. The van der Waals surface area contributed by atoms with Crippen molar-refractivity contribution in [1.82, 2.24) is 4.90 Å². The predicted molar refractivity (Wildman–Crippen MR) is 117 cm³/mol. The van der Waals surface area contributed by atoms with Crippen molar-refractivity contribution in [3.8, 4) is 5.75 Å². The van der Waals surface area contributed by atoms with Crippen molar-refractivity contribution >= 4 is 12.1 Å². The van der Waals surface area contributed by atoms with Crippen LogP contribution >= 0.6 is 0 Å². The third kappa shape index (κ3) is 8.64. The Morgan fingerprint density at radius 1 is 1.03 bits per heavy atom. The fourth-order valence-electron chi connectivity index (χ4n) is 3.53. The van der Waals surface area contributed by atoms with Gasteiger partial charge in [-0.05, 0) is 77.1 Å². The number of hydrogen-bond acceptors (Lipinski definition) is 5. The van der Waals surface area contributed by atoms with Gasteiger partial charge in [0.05, 0.1) is 18.8 Å². The number of amides is 1. The maximum atomic E-state index is 12.1. The molecule has 0 aromatic heterocycles. The molecule has 1 aromatic rings. The number of ether oxygens (including phenoxy) is 3. The smallest absolute Gasteiger partial charge is 0.410 e. The normalized spacial score (nSPS) is 15.0. The SMILES string of the molecule is CCOC(=O)c1ccc(OCCCCCC2CCN(C(=O)OC(C)(C)C)CC2)cc1. The van der Waals surface area contributed by atoms with Crippen molar-refractivity contribution in [2.24, 2.45) is 5.92 Å². The van der Waals surface area contributed by atoms with Crippen LogP contribution < -0.4 is 4.74 Å². The van der Waals surface area contributed by atoms with E-state index in [2.05, 4.69) is 0 Å². The molecule has 1 heterocycles. The zero-order valence-electron chi connectivity index (χ0n) is 18.9. The van der Waals surface area contributed by atoms with Crippen LogP contribution in [0, 0.1) is 5.92 Å². The van der Waals surface area contributed by atoms with Crippen molar-refractivity contribution < 1.29 is 23.8 Å². The van der Waals surface area contributed by atoms with Crippen LogP contribution in [0.2, 0.25) is 0 Å². The molecule has 0 spiro atoms. The number of piperidine rings is 1. The zero-order valence-corrected chi connectivity index (χ0v) is 18.9. The van der Waals surface area contributed by atoms with Gasteiger partial charge < -0.3 is 19.1 Å². The molecule has 168 valence electrons. The lowest BCUT2D eigenvalue weighted by Gasteiger charge is -2.33. The van der Waals surface area contributed by atoms with Crippen molar-refractivity contribution in [3.63, 3.8) is 0 Å². The minimum absolute atomic E-state index is 0.187. The van der Waals surface area contributed by atoms with Gasteiger partial charge in [-0.15, -0.1) is 0 Å². The summed E-state index contributed by atoms with van der Waals surface area (Å²) >= 11 is 0. The van der Waals surface area contributed by atoms with Gasteiger partial charge in [0.2, 0.25) is 0 Å². The van der Waals surface area contributed by atoms with E-state index in [1.807, 2.05) is 37.8 Å². The van der Waals surface area contributed by atoms with Gasteiger partial charge in [-0.3, -0.25) is 0 Å². The third-order valence-electron chi connectivity index (χ3n) is 5.16. The third-order valence-corrected chi connectivity index (χ3v) is 5.16. The average Bonchev–Trinajstić information content (AvgIpc) is 2.70. The molecule has 1 amide bonds. The molecule has 1 aliphatic rings. The van der Waals surface area contributed by atoms with Crippen LogP contribution in [-0.2, 0) is 9.47 Å². The van der Waals surface area contributed by atoms with E-state index in [4.69, 9.17) is 14.2 Å². The molecule has 0 unspecified atom stereocenters. The lowest BCUT2D eigenvalue weighted by molar-refractivity contribution is 0.0180. The van der Waals surface area contributed by atoms with Gasteiger partial charge in [0.25, 0.3) is 0 Å². The van der Waals surface area contributed by atoms with Crippen LogP contribution in [0.1, 0.15) is 76.6 Å². The summed E-state index contributed by atoms with van der Waals surface area (Å²) in [5.41, 5.74) is 0.112. The van der Waals surface area contributed by atoms with E-state index in [1.54, 1.807) is 19.1 Å². The molecular formula is C24H37NO5. The van der Waals surface area contributed by atoms with Gasteiger partial charge in [0, 0.05) is 13.1 Å². The summed E-state index contributed by atoms with van der Waals surface area (Å²) in [6.07, 6.45) is 6.46. The number of nitrogens with zero attached hydrogens (tertiary/aromatic N) is 1. The van der Waals surface area contributed by atoms with Crippen LogP contribution in [0.4, 0.5) is 4.79 Å². The second-order valence-electron chi connectivity index (χ2n) is 8.85. The molecule has 0 aliphatic carbocycles. The topological polar surface area (TPSA) is 65.1 Å². The lowest BCUT2D eigenvalue weighted by Crippen LogP contribution is -2.41. The Bertz CT molecular complexity index is 657. The molecule has 2 rings (SSSR count). The molecule has 30 heavy (non-hydrogen) atoms. The minimum Gasteiger partial charge on any atom is -0.494 e. The summed E-state index contributed by atoms with van der Waals surface area (Å²) in [7, 11) is 0. The summed E-state index contributed by atoms with van der Waals surface area (Å²) in [5.74, 6) is 1.17. The first-order valence-corrected chi connectivity index (χ1v) is 11.2. The maximum Gasteiger partial charge on any atom is 0.410 e. The van der Waals surface area contributed by atoms with Crippen LogP contribution in [0.3, 0.4) is 0 Å². The van der Waals surface area contributed by atoms with E-state index in [-0.39, 0.29) is 12.1 Å². The zero-order chi connectivity index (χ0) is 22.0. The van der Waals surface area contributed by atoms with Crippen molar-refractivity contribution in [2.75, 3.05) is 26.3 Å². The fourth-order valence-corrected chi connectivity index (χ4v) is 3.53. The monoisotopic (exact) mass is 419 g/mol. The highest BCUT2D eigenvalue weighted by Gasteiger charge is 2.26. The summed E-state index contributed by atoms with van der Waals surface area (Å²) in [6.45, 7) is 10.1. The first-order chi connectivity index (χ1) is 14.3. The van der Waals surface area contributed by atoms with Crippen LogP contribution in [0.5, 0.6) is 5.75 Å². The van der Waals surface area contributed by atoms with Gasteiger partial charge in [0.15, 0.2) is 0 Å². The van der Waals surface area contributed by atoms with Crippen molar-refractivity contribution in [1.29, 1.82) is 0 Å². The molecule has 1 aliphatic heterocycles. The minimum atomic E-state index is -0.432. The fraction of sp³-hybridized carbons (Fsp3) is 0.667. The highest BCUT2D eigenvalue weighted by Crippen LogP contribution is 2.24. The average molecular weight is 420 g/mol. The molecule has 1 fully saturated rings. The second-order valence-corrected chi connectivity index (χ2v) is 8.85. The van der Waals surface area contributed by atoms with Crippen LogP contribution in [0.15, 0.2) is 24.3 Å². The van der Waals surface area contributed by atoms with Gasteiger partial charge in [-0.1, -0.05) is 19.3 Å². The number of benzene rings is 1. The molecule has 0 radical (unpaired) electrons. The van der Waals surface area contributed by atoms with Crippen LogP contribution in [0.25, 0.3) is 0 Å². The summed E-state index contributed by atoms with van der Waals surface area (Å²) in [6, 6.07) is 7.09. The number of hydrogen-bond donors (Lipinski definition) is 0. The molecule has 0 atom stereocenters. The highest BCUT2D eigenvalue weighted by atomic mass is 16.6. The quantitative estimate of drug-likeness (QED) is 0.393. The Morgan fingerprint density at radius 3 is 2.30 bits per heavy atom. The number of likely N-dealkylation sites (tertiary alicyclic amines) is 1. The van der Waals surface area contributed by atoms with E-state index >= 15 is 0 Å².